The molecule has 0 saturated carbocycles. The predicted molar refractivity (Wildman–Crippen MR) is 308 cm³/mol. The van der Waals surface area contributed by atoms with Crippen molar-refractivity contribution in [2.75, 3.05) is 29.2 Å². The highest BCUT2D eigenvalue weighted by Gasteiger charge is 2.29. The molecule has 86 heavy (non-hydrogen) atoms. The number of carbonyl (C=O) groups excluding carboxylic acids is 1. The van der Waals surface area contributed by atoms with Crippen LogP contribution >= 0.6 is 23.1 Å². The van der Waals surface area contributed by atoms with Gasteiger partial charge in [-0.3, -0.25) is 36.5 Å². The smallest absolute Gasteiger partial charge is 0.296 e. The number of imidazole rings is 1. The van der Waals surface area contributed by atoms with Gasteiger partial charge in [-0.1, -0.05) is 11.3 Å². The maximum absolute atomic E-state index is 12.6. The Morgan fingerprint density at radius 2 is 1.27 bits per heavy atom. The van der Waals surface area contributed by atoms with E-state index in [0.717, 1.165) is 41.3 Å². The molecule has 454 valence electrons. The topological polar surface area (TPSA) is 513 Å². The molecule has 32 nitrogen and oxygen atoms in total. The van der Waals surface area contributed by atoms with Crippen LogP contribution in [0.15, 0.2) is 110 Å². The largest absolute Gasteiger partial charge is 0.493 e. The molecule has 1 amide bonds. The van der Waals surface area contributed by atoms with Crippen molar-refractivity contribution in [3.8, 4) is 17.7 Å². The zero-order chi connectivity index (χ0) is 63.4. The van der Waals surface area contributed by atoms with E-state index in [0.29, 0.717) is 34.6 Å². The molecule has 8 N–H and O–H groups in total. The molecule has 0 bridgehead atoms. The van der Waals surface area contributed by atoms with Crippen molar-refractivity contribution in [1.82, 2.24) is 14.4 Å². The van der Waals surface area contributed by atoms with Crippen LogP contribution in [-0.4, -0.2) is 127 Å². The summed E-state index contributed by atoms with van der Waals surface area (Å²) < 4.78 is 211. The molecule has 3 heterocycles. The summed E-state index contributed by atoms with van der Waals surface area (Å²) in [6.07, 6.45) is -0.326. The molecule has 0 aliphatic heterocycles. The molecule has 8 aromatic rings. The Labute approximate surface area is 494 Å². The quantitative estimate of drug-likeness (QED) is 0.0144. The number of thioether (sulfide) groups is 1. The molecule has 5 aromatic carbocycles. The Morgan fingerprint density at radius 3 is 1.87 bits per heavy atom. The molecular formula is C46H41N11O21S8. The number of hydrogen-bond donors (Lipinski definition) is 8. The minimum Gasteiger partial charge on any atom is -0.493 e. The number of rotatable bonds is 21. The highest BCUT2D eigenvalue weighted by Crippen LogP contribution is 2.45. The van der Waals surface area contributed by atoms with Gasteiger partial charge >= 0.3 is 0 Å². The van der Waals surface area contributed by atoms with E-state index in [1.165, 1.54) is 31.2 Å². The number of nitrogens with zero attached hydrogens (tertiary/aromatic N) is 10. The number of nitriles is 1. The maximum atomic E-state index is 12.6. The molecule has 0 atom stereocenters. The van der Waals surface area contributed by atoms with Crippen LogP contribution in [0.1, 0.15) is 42.0 Å². The third-order valence-corrected chi connectivity index (χ3v) is 19.3. The van der Waals surface area contributed by atoms with Gasteiger partial charge in [0.25, 0.3) is 60.7 Å². The van der Waals surface area contributed by atoms with Crippen LogP contribution in [0.2, 0.25) is 0 Å². The number of pyridine rings is 1. The van der Waals surface area contributed by atoms with Gasteiger partial charge in [-0.2, -0.15) is 60.9 Å². The van der Waals surface area contributed by atoms with Crippen LogP contribution in [0.4, 0.5) is 39.3 Å². The lowest BCUT2D eigenvalue weighted by atomic mass is 10.1. The minimum absolute atomic E-state index is 0.0268. The predicted octanol–water partition coefficient (Wildman–Crippen LogP) is 8.97. The van der Waals surface area contributed by atoms with E-state index in [4.69, 9.17) is 4.74 Å². The highest BCUT2D eigenvalue weighted by atomic mass is 32.2. The molecule has 3 aromatic heterocycles. The Hall–Kier alpha value is -7.63. The van der Waals surface area contributed by atoms with E-state index in [9.17, 15) is 93.0 Å². The summed E-state index contributed by atoms with van der Waals surface area (Å²) in [5, 5.41) is 48.7. The summed E-state index contributed by atoms with van der Waals surface area (Å²) in [5.74, 6) is -2.85. The first-order valence-corrected chi connectivity index (χ1v) is 34.5. The Morgan fingerprint density at radius 1 is 0.674 bits per heavy atom. The summed E-state index contributed by atoms with van der Waals surface area (Å²) >= 11 is 1.56. The standard InChI is InChI=1S/C46H41N11O21S8/c1-21-11-32(53-55-41-23(3)28(20-47)44-49-31-16-34(48-24(4)58)39(85(72,73)74)19-35(31)57(44)45(41)59)36(78-7-5-9-81(60,61)62)17-29(21)51-54-33-12-22(2)30(18-37(33)79-8-6-10-82(63,64)65)52-56-46-50-42-40(86(75,76)77)15-26-27(43(42)80-46)13-25(83(66,67)68)14-38(26)84(69,70)71/h11-19,59H,5-10H2,1-4H3,(H,48,58)(H,60,61,62)(H,63,64,65)(H,66,67,68)(H,69,70,71)(H,72,73,74)(H,75,76,77). The first kappa shape index (κ1) is 64.4. The molecule has 0 aliphatic carbocycles. The van der Waals surface area contributed by atoms with Crippen LogP contribution in [0, 0.1) is 32.1 Å². The van der Waals surface area contributed by atoms with Gasteiger partial charge in [0.2, 0.25) is 16.9 Å². The maximum Gasteiger partial charge on any atom is 0.296 e. The number of nitrogens with one attached hydrogen (secondary N) is 1. The number of benzene rings is 5. The van der Waals surface area contributed by atoms with Gasteiger partial charge in [0.15, 0.2) is 11.3 Å². The summed E-state index contributed by atoms with van der Waals surface area (Å²) in [5.41, 5.74) is -0.892. The zero-order valence-corrected chi connectivity index (χ0v) is 50.6. The third-order valence-electron chi connectivity index (χ3n) is 12.1. The molecule has 0 aliphatic rings. The van der Waals surface area contributed by atoms with Gasteiger partial charge in [0, 0.05) is 34.2 Å². The first-order chi connectivity index (χ1) is 39.8. The molecule has 0 fully saturated rings. The van der Waals surface area contributed by atoms with Crippen LogP contribution in [0.3, 0.4) is 0 Å². The van der Waals surface area contributed by atoms with Gasteiger partial charge in [-0.15, -0.1) is 37.3 Å². The Balaban J connectivity index is 1.21. The fraction of sp³-hybridized carbons (Fsp3) is 0.217. The van der Waals surface area contributed by atoms with Gasteiger partial charge in [0.05, 0.1) is 61.5 Å². The summed E-state index contributed by atoms with van der Waals surface area (Å²) in [7, 11) is -29.6. The zero-order valence-electron chi connectivity index (χ0n) is 44.0. The van der Waals surface area contributed by atoms with Crippen molar-refractivity contribution < 1.29 is 92.5 Å². The fourth-order valence-corrected chi connectivity index (χ4v) is 14.0. The van der Waals surface area contributed by atoms with Crippen molar-refractivity contribution in [3.63, 3.8) is 0 Å². The van der Waals surface area contributed by atoms with Crippen LogP contribution in [-0.2, 0) is 65.5 Å². The van der Waals surface area contributed by atoms with E-state index in [1.54, 1.807) is 13.8 Å². The molecule has 8 rings (SSSR count). The van der Waals surface area contributed by atoms with E-state index >= 15 is 0 Å². The molecule has 0 saturated heterocycles. The number of carbonyl (C=O) groups is 1. The van der Waals surface area contributed by atoms with Gasteiger partial charge in [0.1, 0.15) is 43.3 Å². The van der Waals surface area contributed by atoms with Crippen molar-refractivity contribution in [1.29, 1.82) is 5.26 Å². The minimum atomic E-state index is -5.32. The molecule has 40 heteroatoms. The lowest BCUT2D eigenvalue weighted by Gasteiger charge is -2.12. The number of aromatic hydroxyl groups is 1. The van der Waals surface area contributed by atoms with Crippen LogP contribution in [0.25, 0.3) is 37.7 Å². The van der Waals surface area contributed by atoms with Crippen LogP contribution in [0.5, 0.6) is 11.6 Å². The van der Waals surface area contributed by atoms with Gasteiger partial charge < -0.3 is 15.2 Å². The fourth-order valence-electron chi connectivity index (χ4n) is 8.28. The van der Waals surface area contributed by atoms with Gasteiger partial charge in [-0.05, 0) is 99.0 Å². The lowest BCUT2D eigenvalue weighted by Crippen LogP contribution is -2.11. The van der Waals surface area contributed by atoms with Crippen molar-refractivity contribution in [2.45, 2.75) is 65.0 Å². The van der Waals surface area contributed by atoms with Crippen molar-refractivity contribution in [2.24, 2.45) is 30.7 Å². The highest BCUT2D eigenvalue weighted by molar-refractivity contribution is 7.99. The summed E-state index contributed by atoms with van der Waals surface area (Å²) in [6.45, 7) is 5.24. The SMILES string of the molecule is CC(=O)Nc1cc2nc3c(C#N)c(C)c(N=Nc4cc(C)c(N=Nc5cc(C)c(N=Nc6nc7c(S(=O)(=O)O)cc8c(S(=O)(=O)O)cc(S(=O)(=O)O)cc8c7s6)cc5SCCCS(=O)(=O)O)cc4OCCCS(=O)(=O)O)c(O)n3c2cc1S(=O)(=O)O. The molecule has 0 unspecified atom stereocenters. The molecule has 0 radical (unpaired) electrons. The lowest BCUT2D eigenvalue weighted by molar-refractivity contribution is -0.114. The number of amides is 1. The molecular weight excluding hydrogens is 1300 g/mol. The number of anilines is 1. The molecule has 0 spiro atoms. The summed E-state index contributed by atoms with van der Waals surface area (Å²) in [4.78, 5) is 16.8. The third kappa shape index (κ3) is 14.4. The summed E-state index contributed by atoms with van der Waals surface area (Å²) in [6, 6.07) is 11.4. The average Bonchev–Trinajstić information content (AvgIpc) is 1.47. The van der Waals surface area contributed by atoms with Crippen molar-refractivity contribution in [3.05, 3.63) is 76.9 Å². The average molecular weight is 1340 g/mol. The number of hydrogen-bond acceptors (Lipinski definition) is 26. The van der Waals surface area contributed by atoms with E-state index in [1.807, 2.05) is 6.07 Å². The van der Waals surface area contributed by atoms with E-state index < -0.39 is 114 Å². The number of aromatic nitrogens is 3. The number of azo groups is 3. The number of aryl methyl sites for hydroxylation is 2. The first-order valence-electron chi connectivity index (χ1n) is 23.7. The number of thiazole rings is 1. The number of fused-ring (bicyclic) bond motifs is 6. The van der Waals surface area contributed by atoms with Crippen LogP contribution < -0.4 is 10.1 Å². The Kier molecular flexibility index (Phi) is 17.9. The Bertz CT molecular complexity index is 5080. The van der Waals surface area contributed by atoms with Gasteiger partial charge in [-0.25, -0.2) is 9.97 Å². The normalized spacial score (nSPS) is 13.1. The van der Waals surface area contributed by atoms with Crippen molar-refractivity contribution >= 4 is 167 Å². The second-order valence-corrected chi connectivity index (χ2v) is 29.2. The monoisotopic (exact) mass is 1340 g/mol. The van der Waals surface area contributed by atoms with E-state index in [2.05, 4.69) is 46.0 Å². The van der Waals surface area contributed by atoms with E-state index in [-0.39, 0.29) is 113 Å². The second-order valence-electron chi connectivity index (χ2n) is 18.3. The number of ether oxygens (including phenoxy) is 1. The second kappa shape index (κ2) is 23.9.